The zero-order valence-electron chi connectivity index (χ0n) is 19.4. The maximum atomic E-state index is 12.8. The lowest BCUT2D eigenvalue weighted by atomic mass is 10.1. The molecule has 0 bridgehead atoms. The number of ether oxygens (including phenoxy) is 1. The molecule has 3 aromatic carbocycles. The molecular weight excluding hydrogens is 462 g/mol. The Hall–Kier alpha value is -4.11. The summed E-state index contributed by atoms with van der Waals surface area (Å²) in [6.45, 7) is 2.42. The molecule has 0 aliphatic carbocycles. The van der Waals surface area contributed by atoms with E-state index in [-0.39, 0.29) is 17.6 Å². The Bertz CT molecular complexity index is 1320. The van der Waals surface area contributed by atoms with Gasteiger partial charge >= 0.3 is 0 Å². The molecule has 0 saturated carbocycles. The van der Waals surface area contributed by atoms with Crippen molar-refractivity contribution in [2.45, 2.75) is 18.6 Å². The van der Waals surface area contributed by atoms with Gasteiger partial charge in [-0.1, -0.05) is 59.8 Å². The van der Waals surface area contributed by atoms with Crippen LogP contribution in [0.5, 0.6) is 5.75 Å². The Balaban J connectivity index is 1.37. The third kappa shape index (κ3) is 6.27. The van der Waals surface area contributed by atoms with Crippen LogP contribution in [0.15, 0.2) is 84.3 Å². The average Bonchev–Trinajstić information content (AvgIpc) is 3.36. The van der Waals surface area contributed by atoms with Gasteiger partial charge in [0.2, 0.25) is 5.91 Å². The van der Waals surface area contributed by atoms with Gasteiger partial charge in [0.25, 0.3) is 5.91 Å². The third-order valence-corrected chi connectivity index (χ3v) is 6.14. The van der Waals surface area contributed by atoms with Crippen molar-refractivity contribution in [2.24, 2.45) is 0 Å². The molecule has 9 heteroatoms. The standard InChI is InChI=1S/C26H25N5O3S/c1-18-10-12-19(13-11-18)15-27-25(33)22-8-3-4-9-23(22)29-24(32)16-35-26-30-28-17-31(26)20-6-5-7-21(14-20)34-2/h3-14,17H,15-16H2,1-2H3,(H,27,33)(H,29,32). The van der Waals surface area contributed by atoms with E-state index in [1.807, 2.05) is 55.5 Å². The molecule has 0 saturated heterocycles. The number of carbonyl (C=O) groups excluding carboxylic acids is 2. The zero-order chi connectivity index (χ0) is 24.6. The fourth-order valence-corrected chi connectivity index (χ4v) is 4.08. The smallest absolute Gasteiger partial charge is 0.253 e. The minimum atomic E-state index is -0.258. The Morgan fingerprint density at radius 1 is 1.03 bits per heavy atom. The number of carbonyl (C=O) groups is 2. The van der Waals surface area contributed by atoms with E-state index in [0.717, 1.165) is 16.8 Å². The minimum Gasteiger partial charge on any atom is -0.497 e. The number of anilines is 1. The highest BCUT2D eigenvalue weighted by molar-refractivity contribution is 7.99. The van der Waals surface area contributed by atoms with Crippen molar-refractivity contribution in [3.05, 3.63) is 95.8 Å². The Morgan fingerprint density at radius 2 is 1.83 bits per heavy atom. The molecule has 0 aliphatic rings. The second kappa shape index (κ2) is 11.3. The Kier molecular flexibility index (Phi) is 7.79. The van der Waals surface area contributed by atoms with E-state index >= 15 is 0 Å². The van der Waals surface area contributed by atoms with Crippen molar-refractivity contribution in [3.8, 4) is 11.4 Å². The van der Waals surface area contributed by atoms with E-state index in [0.29, 0.717) is 28.7 Å². The Labute approximate surface area is 207 Å². The molecule has 178 valence electrons. The number of para-hydroxylation sites is 1. The molecule has 0 radical (unpaired) electrons. The number of hydrogen-bond donors (Lipinski definition) is 2. The van der Waals surface area contributed by atoms with Crippen LogP contribution in [0.2, 0.25) is 0 Å². The summed E-state index contributed by atoms with van der Waals surface area (Å²) in [5.74, 6) is 0.296. The third-order valence-electron chi connectivity index (χ3n) is 5.20. The van der Waals surface area contributed by atoms with Gasteiger partial charge in [-0.15, -0.1) is 10.2 Å². The van der Waals surface area contributed by atoms with Crippen LogP contribution < -0.4 is 15.4 Å². The van der Waals surface area contributed by atoms with Crippen LogP contribution in [0, 0.1) is 6.92 Å². The van der Waals surface area contributed by atoms with Crippen molar-refractivity contribution in [2.75, 3.05) is 18.2 Å². The van der Waals surface area contributed by atoms with Crippen molar-refractivity contribution in [3.63, 3.8) is 0 Å². The number of rotatable bonds is 9. The molecule has 0 aliphatic heterocycles. The summed E-state index contributed by atoms with van der Waals surface area (Å²) in [5, 5.41) is 14.4. The molecule has 0 fully saturated rings. The predicted octanol–water partition coefficient (Wildman–Crippen LogP) is 4.25. The minimum absolute atomic E-state index is 0.0992. The zero-order valence-corrected chi connectivity index (χ0v) is 20.2. The van der Waals surface area contributed by atoms with Crippen LogP contribution in [0.1, 0.15) is 21.5 Å². The van der Waals surface area contributed by atoms with Gasteiger partial charge < -0.3 is 15.4 Å². The number of aryl methyl sites for hydroxylation is 1. The summed E-state index contributed by atoms with van der Waals surface area (Å²) >= 11 is 1.25. The van der Waals surface area contributed by atoms with Crippen molar-refractivity contribution < 1.29 is 14.3 Å². The van der Waals surface area contributed by atoms with Crippen LogP contribution >= 0.6 is 11.8 Å². The molecule has 2 N–H and O–H groups in total. The number of nitrogens with zero attached hydrogens (tertiary/aromatic N) is 3. The molecule has 4 rings (SSSR count). The van der Waals surface area contributed by atoms with Crippen LogP contribution in [0.4, 0.5) is 5.69 Å². The first-order chi connectivity index (χ1) is 17.0. The number of aromatic nitrogens is 3. The van der Waals surface area contributed by atoms with Crippen LogP contribution in [0.25, 0.3) is 5.69 Å². The lowest BCUT2D eigenvalue weighted by Gasteiger charge is -2.12. The normalized spacial score (nSPS) is 10.6. The summed E-state index contributed by atoms with van der Waals surface area (Å²) in [4.78, 5) is 25.5. The van der Waals surface area contributed by atoms with Gasteiger partial charge in [-0.3, -0.25) is 14.2 Å². The Morgan fingerprint density at radius 3 is 2.63 bits per heavy atom. The first-order valence-corrected chi connectivity index (χ1v) is 11.9. The number of methoxy groups -OCH3 is 1. The fourth-order valence-electron chi connectivity index (χ4n) is 3.35. The number of thioether (sulfide) groups is 1. The van der Waals surface area contributed by atoms with Crippen molar-refractivity contribution >= 4 is 29.3 Å². The van der Waals surface area contributed by atoms with Crippen molar-refractivity contribution in [1.29, 1.82) is 0 Å². The molecule has 1 heterocycles. The van der Waals surface area contributed by atoms with Gasteiger partial charge in [-0.05, 0) is 36.8 Å². The fraction of sp³-hybridized carbons (Fsp3) is 0.154. The topological polar surface area (TPSA) is 98.1 Å². The molecule has 4 aromatic rings. The van der Waals surface area contributed by atoms with E-state index in [4.69, 9.17) is 4.74 Å². The van der Waals surface area contributed by atoms with E-state index in [1.165, 1.54) is 11.8 Å². The van der Waals surface area contributed by atoms with E-state index in [1.54, 1.807) is 42.3 Å². The summed E-state index contributed by atoms with van der Waals surface area (Å²) in [6.07, 6.45) is 1.59. The van der Waals surface area contributed by atoms with Crippen LogP contribution in [0.3, 0.4) is 0 Å². The number of amides is 2. The first-order valence-electron chi connectivity index (χ1n) is 10.9. The maximum absolute atomic E-state index is 12.8. The molecule has 0 spiro atoms. The summed E-state index contributed by atoms with van der Waals surface area (Å²) in [6, 6.07) is 22.4. The molecular formula is C26H25N5O3S. The summed E-state index contributed by atoms with van der Waals surface area (Å²) < 4.78 is 7.06. The summed E-state index contributed by atoms with van der Waals surface area (Å²) in [5.41, 5.74) is 3.84. The highest BCUT2D eigenvalue weighted by Crippen LogP contribution is 2.23. The lowest BCUT2D eigenvalue weighted by Crippen LogP contribution is -2.25. The number of hydrogen-bond acceptors (Lipinski definition) is 6. The SMILES string of the molecule is COc1cccc(-n2cnnc2SCC(=O)Nc2ccccc2C(=O)NCc2ccc(C)cc2)c1. The van der Waals surface area contributed by atoms with Gasteiger partial charge in [0.1, 0.15) is 12.1 Å². The highest BCUT2D eigenvalue weighted by atomic mass is 32.2. The van der Waals surface area contributed by atoms with Gasteiger partial charge in [-0.25, -0.2) is 0 Å². The van der Waals surface area contributed by atoms with E-state index in [9.17, 15) is 9.59 Å². The van der Waals surface area contributed by atoms with Crippen LogP contribution in [-0.2, 0) is 11.3 Å². The monoisotopic (exact) mass is 487 g/mol. The van der Waals surface area contributed by atoms with Crippen molar-refractivity contribution in [1.82, 2.24) is 20.1 Å². The molecule has 35 heavy (non-hydrogen) atoms. The van der Waals surface area contributed by atoms with Gasteiger partial charge in [0, 0.05) is 12.6 Å². The number of nitrogens with one attached hydrogen (secondary N) is 2. The first kappa shape index (κ1) is 24.0. The molecule has 2 amide bonds. The quantitative estimate of drug-likeness (QED) is 0.343. The average molecular weight is 488 g/mol. The second-order valence-electron chi connectivity index (χ2n) is 7.74. The van der Waals surface area contributed by atoms with Gasteiger partial charge in [-0.2, -0.15) is 0 Å². The number of benzene rings is 3. The lowest BCUT2D eigenvalue weighted by molar-refractivity contribution is -0.113. The molecule has 0 unspecified atom stereocenters. The molecule has 0 atom stereocenters. The molecule has 8 nitrogen and oxygen atoms in total. The second-order valence-corrected chi connectivity index (χ2v) is 8.68. The molecule has 1 aromatic heterocycles. The summed E-state index contributed by atoms with van der Waals surface area (Å²) in [7, 11) is 1.60. The van der Waals surface area contributed by atoms with E-state index in [2.05, 4.69) is 20.8 Å². The van der Waals surface area contributed by atoms with E-state index < -0.39 is 0 Å². The predicted molar refractivity (Wildman–Crippen MR) is 136 cm³/mol. The van der Waals surface area contributed by atoms with Gasteiger partial charge in [0.05, 0.1) is 29.8 Å². The van der Waals surface area contributed by atoms with Gasteiger partial charge in [0.15, 0.2) is 5.16 Å². The van der Waals surface area contributed by atoms with Crippen LogP contribution in [-0.4, -0.2) is 39.4 Å². The largest absolute Gasteiger partial charge is 0.497 e. The highest BCUT2D eigenvalue weighted by Gasteiger charge is 2.15. The maximum Gasteiger partial charge on any atom is 0.253 e.